The summed E-state index contributed by atoms with van der Waals surface area (Å²) in [5.74, 6) is -0.724. The number of rotatable bonds is 8. The Kier molecular flexibility index (Phi) is 7.79. The summed E-state index contributed by atoms with van der Waals surface area (Å²) in [7, 11) is 1.77. The fourth-order valence-corrected chi connectivity index (χ4v) is 4.16. The summed E-state index contributed by atoms with van der Waals surface area (Å²) >= 11 is 6.26. The number of halogens is 2. The molecule has 200 valence electrons. The summed E-state index contributed by atoms with van der Waals surface area (Å²) < 4.78 is 16.1. The molecule has 0 aliphatic heterocycles. The molecular formula is C29H23ClFN7O2. The zero-order valence-electron chi connectivity index (χ0n) is 21.2. The first-order valence-electron chi connectivity index (χ1n) is 12.2. The van der Waals surface area contributed by atoms with E-state index in [1.54, 1.807) is 61.8 Å². The maximum atomic E-state index is 14.7. The van der Waals surface area contributed by atoms with Crippen molar-refractivity contribution in [3.05, 3.63) is 119 Å². The Morgan fingerprint density at radius 3 is 2.45 bits per heavy atom. The number of pyridine rings is 2. The van der Waals surface area contributed by atoms with Gasteiger partial charge in [0.25, 0.3) is 11.8 Å². The van der Waals surface area contributed by atoms with Crippen molar-refractivity contribution in [2.45, 2.75) is 6.54 Å². The summed E-state index contributed by atoms with van der Waals surface area (Å²) in [5.41, 5.74) is 2.02. The van der Waals surface area contributed by atoms with Crippen LogP contribution in [-0.2, 0) is 6.54 Å². The molecule has 3 N–H and O–H groups in total. The van der Waals surface area contributed by atoms with Crippen LogP contribution < -0.4 is 16.0 Å². The molecule has 40 heavy (non-hydrogen) atoms. The van der Waals surface area contributed by atoms with Gasteiger partial charge in [-0.1, -0.05) is 41.9 Å². The minimum absolute atomic E-state index is 0.0352. The summed E-state index contributed by atoms with van der Waals surface area (Å²) in [4.78, 5) is 34.8. The lowest BCUT2D eigenvalue weighted by Gasteiger charge is -2.11. The lowest BCUT2D eigenvalue weighted by molar-refractivity contribution is 0.0944. The second-order valence-corrected chi connectivity index (χ2v) is 9.03. The van der Waals surface area contributed by atoms with Crippen molar-refractivity contribution in [2.24, 2.45) is 0 Å². The zero-order chi connectivity index (χ0) is 28.1. The molecule has 0 radical (unpaired) electrons. The molecular weight excluding hydrogens is 533 g/mol. The maximum Gasteiger partial charge on any atom is 0.272 e. The largest absolute Gasteiger partial charge is 0.373 e. The van der Waals surface area contributed by atoms with Gasteiger partial charge >= 0.3 is 0 Å². The molecule has 0 aliphatic rings. The van der Waals surface area contributed by atoms with Crippen molar-refractivity contribution >= 4 is 35.1 Å². The van der Waals surface area contributed by atoms with Gasteiger partial charge in [-0.15, -0.1) is 0 Å². The highest BCUT2D eigenvalue weighted by atomic mass is 35.5. The molecule has 9 nitrogen and oxygen atoms in total. The lowest BCUT2D eigenvalue weighted by Crippen LogP contribution is -2.23. The topological polar surface area (TPSA) is 114 Å². The standard InChI is InChI=1S/C29H23ClFN7O2/c1-32-26-11-10-18(16-34-26)17-35-29(40)25-15-27(38(37-25)19-7-3-2-4-8-19)36-28(39)20-13-21(23(31)14-22(20)30)24-9-5-6-12-33-24/h2-16H,17H2,1H3,(H,32,34)(H,35,40)(H,36,39). The van der Waals surface area contributed by atoms with E-state index < -0.39 is 17.6 Å². The Hall–Kier alpha value is -5.09. The third kappa shape index (κ3) is 5.82. The van der Waals surface area contributed by atoms with Gasteiger partial charge in [0.15, 0.2) is 5.69 Å². The molecule has 5 aromatic rings. The molecule has 2 amide bonds. The van der Waals surface area contributed by atoms with E-state index >= 15 is 0 Å². The van der Waals surface area contributed by atoms with Gasteiger partial charge in [-0.05, 0) is 48.0 Å². The Bertz CT molecular complexity index is 1660. The molecule has 0 saturated heterocycles. The van der Waals surface area contributed by atoms with E-state index in [9.17, 15) is 14.0 Å². The van der Waals surface area contributed by atoms with E-state index in [-0.39, 0.29) is 34.2 Å². The number of hydrogen-bond donors (Lipinski definition) is 3. The second kappa shape index (κ2) is 11.7. The average Bonchev–Trinajstić information content (AvgIpc) is 3.41. The number of amides is 2. The lowest BCUT2D eigenvalue weighted by atomic mass is 10.1. The van der Waals surface area contributed by atoms with Crippen molar-refractivity contribution in [1.29, 1.82) is 0 Å². The third-order valence-electron chi connectivity index (χ3n) is 5.96. The van der Waals surface area contributed by atoms with Crippen LogP contribution >= 0.6 is 11.6 Å². The van der Waals surface area contributed by atoms with Crippen LogP contribution in [0, 0.1) is 5.82 Å². The molecule has 0 fully saturated rings. The van der Waals surface area contributed by atoms with Crippen molar-refractivity contribution in [1.82, 2.24) is 25.1 Å². The first-order valence-corrected chi connectivity index (χ1v) is 12.6. The number of anilines is 2. The maximum absolute atomic E-state index is 14.7. The summed E-state index contributed by atoms with van der Waals surface area (Å²) in [6, 6.07) is 21.6. The monoisotopic (exact) mass is 555 g/mol. The van der Waals surface area contributed by atoms with Gasteiger partial charge in [0.1, 0.15) is 17.5 Å². The van der Waals surface area contributed by atoms with Crippen LogP contribution in [0.1, 0.15) is 26.4 Å². The molecule has 3 aromatic heterocycles. The van der Waals surface area contributed by atoms with E-state index in [4.69, 9.17) is 11.6 Å². The normalized spacial score (nSPS) is 10.7. The molecule has 5 rings (SSSR count). The number of hydrogen-bond acceptors (Lipinski definition) is 6. The van der Waals surface area contributed by atoms with Gasteiger partial charge in [0, 0.05) is 37.6 Å². The van der Waals surface area contributed by atoms with Gasteiger partial charge in [0.05, 0.1) is 22.0 Å². The minimum Gasteiger partial charge on any atom is -0.373 e. The van der Waals surface area contributed by atoms with Crippen molar-refractivity contribution < 1.29 is 14.0 Å². The van der Waals surface area contributed by atoms with E-state index in [2.05, 4.69) is 31.0 Å². The van der Waals surface area contributed by atoms with E-state index in [0.29, 0.717) is 17.2 Å². The van der Waals surface area contributed by atoms with Gasteiger partial charge in [-0.25, -0.2) is 14.1 Å². The van der Waals surface area contributed by atoms with Crippen LogP contribution in [0.4, 0.5) is 16.0 Å². The Balaban J connectivity index is 1.42. The van der Waals surface area contributed by atoms with Crippen LogP contribution in [0.25, 0.3) is 16.9 Å². The summed E-state index contributed by atoms with van der Waals surface area (Å²) in [6.07, 6.45) is 3.19. The number of carbonyl (C=O) groups excluding carboxylic acids is 2. The smallest absolute Gasteiger partial charge is 0.272 e. The first kappa shape index (κ1) is 26.5. The Morgan fingerprint density at radius 1 is 0.950 bits per heavy atom. The van der Waals surface area contributed by atoms with E-state index in [1.165, 1.54) is 23.0 Å². The fraction of sp³-hybridized carbons (Fsp3) is 0.0690. The van der Waals surface area contributed by atoms with Crippen molar-refractivity contribution in [2.75, 3.05) is 17.7 Å². The number of nitrogens with zero attached hydrogens (tertiary/aromatic N) is 4. The van der Waals surface area contributed by atoms with Crippen LogP contribution in [0.5, 0.6) is 0 Å². The predicted octanol–water partition coefficient (Wildman–Crippen LogP) is 5.35. The quantitative estimate of drug-likeness (QED) is 0.238. The molecule has 0 spiro atoms. The highest BCUT2D eigenvalue weighted by molar-refractivity contribution is 6.34. The van der Waals surface area contributed by atoms with E-state index in [1.807, 2.05) is 12.1 Å². The van der Waals surface area contributed by atoms with Gasteiger partial charge in [-0.2, -0.15) is 5.10 Å². The van der Waals surface area contributed by atoms with Gasteiger partial charge in [0.2, 0.25) is 0 Å². The Labute approximate surface area is 234 Å². The van der Waals surface area contributed by atoms with Gasteiger partial charge in [-0.3, -0.25) is 14.6 Å². The molecule has 0 atom stereocenters. The molecule has 0 bridgehead atoms. The SMILES string of the molecule is CNc1ccc(CNC(=O)c2cc(NC(=O)c3cc(-c4ccccn4)c(F)cc3Cl)n(-c3ccccc3)n2)cn1. The molecule has 3 heterocycles. The number of carbonyl (C=O) groups is 2. The number of nitrogens with one attached hydrogen (secondary N) is 3. The van der Waals surface area contributed by atoms with Crippen LogP contribution in [0.15, 0.2) is 91.3 Å². The van der Waals surface area contributed by atoms with Crippen molar-refractivity contribution in [3.8, 4) is 16.9 Å². The number of benzene rings is 2. The van der Waals surface area contributed by atoms with Crippen LogP contribution in [-0.4, -0.2) is 38.6 Å². The fourth-order valence-electron chi connectivity index (χ4n) is 3.92. The van der Waals surface area contributed by atoms with Crippen LogP contribution in [0.2, 0.25) is 5.02 Å². The predicted molar refractivity (Wildman–Crippen MR) is 151 cm³/mol. The minimum atomic E-state index is -0.609. The number of aromatic nitrogens is 4. The number of para-hydroxylation sites is 1. The highest BCUT2D eigenvalue weighted by Crippen LogP contribution is 2.28. The summed E-state index contributed by atoms with van der Waals surface area (Å²) in [5, 5.41) is 12.9. The van der Waals surface area contributed by atoms with Crippen molar-refractivity contribution in [3.63, 3.8) is 0 Å². The molecule has 11 heteroatoms. The average molecular weight is 556 g/mol. The Morgan fingerprint density at radius 2 is 1.75 bits per heavy atom. The third-order valence-corrected chi connectivity index (χ3v) is 6.27. The summed E-state index contributed by atoms with van der Waals surface area (Å²) in [6.45, 7) is 0.233. The molecule has 0 aliphatic carbocycles. The molecule has 2 aromatic carbocycles. The zero-order valence-corrected chi connectivity index (χ0v) is 22.0. The van der Waals surface area contributed by atoms with Gasteiger partial charge < -0.3 is 16.0 Å². The first-order chi connectivity index (χ1) is 19.4. The van der Waals surface area contributed by atoms with E-state index in [0.717, 1.165) is 11.6 Å². The van der Waals surface area contributed by atoms with Crippen LogP contribution in [0.3, 0.4) is 0 Å². The molecule has 0 saturated carbocycles. The molecule has 0 unspecified atom stereocenters. The highest BCUT2D eigenvalue weighted by Gasteiger charge is 2.21. The second-order valence-electron chi connectivity index (χ2n) is 8.63.